The van der Waals surface area contributed by atoms with Crippen LogP contribution >= 0.6 is 0 Å². The van der Waals surface area contributed by atoms with Crippen molar-refractivity contribution in [3.8, 4) is 28.3 Å². The van der Waals surface area contributed by atoms with Crippen molar-refractivity contribution in [2.24, 2.45) is 0 Å². The van der Waals surface area contributed by atoms with Crippen LogP contribution in [0.5, 0.6) is 0 Å². The minimum Gasteiger partial charge on any atom is -0.461 e. The molecule has 3 aromatic carbocycles. The van der Waals surface area contributed by atoms with Crippen LogP contribution in [0.15, 0.2) is 77.2 Å². The lowest BCUT2D eigenvalue weighted by molar-refractivity contribution is 0.531. The van der Waals surface area contributed by atoms with Crippen molar-refractivity contribution in [1.29, 1.82) is 5.26 Å². The Labute approximate surface area is 166 Å². The van der Waals surface area contributed by atoms with Gasteiger partial charge in [-0.3, -0.25) is 0 Å². The molecule has 0 atom stereocenters. The van der Waals surface area contributed by atoms with Gasteiger partial charge in [0.1, 0.15) is 11.3 Å². The predicted octanol–water partition coefficient (Wildman–Crippen LogP) is 7.37. The Morgan fingerprint density at radius 2 is 1.36 bits per heavy atom. The molecule has 0 N–H and O–H groups in total. The molecule has 2 heteroatoms. The standard InChI is InChI=1S/C26H23NO/c1-2-3-4-5-25-17-24-16-23(14-15-26(24)28-25)22-12-10-21(11-13-22)20-8-6-19(18-27)7-9-20/h6-17H,2-5H2,1H3. The van der Waals surface area contributed by atoms with Gasteiger partial charge in [0.25, 0.3) is 0 Å². The van der Waals surface area contributed by atoms with E-state index in [9.17, 15) is 0 Å². The number of hydrogen-bond donors (Lipinski definition) is 0. The number of nitriles is 1. The molecular weight excluding hydrogens is 342 g/mol. The van der Waals surface area contributed by atoms with Crippen LogP contribution in [0.25, 0.3) is 33.2 Å². The Bertz CT molecular complexity index is 1110. The second kappa shape index (κ2) is 8.15. The lowest BCUT2D eigenvalue weighted by Gasteiger charge is -2.05. The third-order valence-electron chi connectivity index (χ3n) is 5.16. The van der Waals surface area contributed by atoms with Gasteiger partial charge in [0.05, 0.1) is 11.6 Å². The van der Waals surface area contributed by atoms with E-state index in [1.165, 1.54) is 35.8 Å². The summed E-state index contributed by atoms with van der Waals surface area (Å²) in [7, 11) is 0. The second-order valence-electron chi connectivity index (χ2n) is 7.19. The van der Waals surface area contributed by atoms with Crippen molar-refractivity contribution < 1.29 is 4.42 Å². The highest BCUT2D eigenvalue weighted by Crippen LogP contribution is 2.29. The quantitative estimate of drug-likeness (QED) is 0.334. The Kier molecular flexibility index (Phi) is 5.26. The Balaban J connectivity index is 1.56. The van der Waals surface area contributed by atoms with E-state index in [4.69, 9.17) is 9.68 Å². The summed E-state index contributed by atoms with van der Waals surface area (Å²) in [5.74, 6) is 1.08. The van der Waals surface area contributed by atoms with Crippen LogP contribution in [-0.2, 0) is 6.42 Å². The molecular formula is C26H23NO. The maximum absolute atomic E-state index is 8.94. The van der Waals surface area contributed by atoms with E-state index in [0.717, 1.165) is 28.9 Å². The fourth-order valence-electron chi connectivity index (χ4n) is 3.54. The monoisotopic (exact) mass is 365 g/mol. The first kappa shape index (κ1) is 18.1. The molecule has 0 saturated carbocycles. The summed E-state index contributed by atoms with van der Waals surface area (Å²) < 4.78 is 5.98. The molecule has 4 aromatic rings. The maximum Gasteiger partial charge on any atom is 0.134 e. The molecule has 0 aliphatic heterocycles. The van der Waals surface area contributed by atoms with E-state index in [1.54, 1.807) is 0 Å². The predicted molar refractivity (Wildman–Crippen MR) is 115 cm³/mol. The minimum atomic E-state index is 0.683. The van der Waals surface area contributed by atoms with Crippen molar-refractivity contribution in [3.05, 3.63) is 84.1 Å². The van der Waals surface area contributed by atoms with Gasteiger partial charge in [-0.15, -0.1) is 0 Å². The van der Waals surface area contributed by atoms with E-state index in [1.807, 2.05) is 24.3 Å². The summed E-state index contributed by atoms with van der Waals surface area (Å²) in [4.78, 5) is 0. The fourth-order valence-corrected chi connectivity index (χ4v) is 3.54. The molecule has 138 valence electrons. The fraction of sp³-hybridized carbons (Fsp3) is 0.192. The normalized spacial score (nSPS) is 10.9. The zero-order chi connectivity index (χ0) is 19.3. The summed E-state index contributed by atoms with van der Waals surface area (Å²) >= 11 is 0. The summed E-state index contributed by atoms with van der Waals surface area (Å²) in [6.07, 6.45) is 4.66. The van der Waals surface area contributed by atoms with E-state index in [2.05, 4.69) is 61.5 Å². The third-order valence-corrected chi connectivity index (χ3v) is 5.16. The topological polar surface area (TPSA) is 36.9 Å². The average molecular weight is 365 g/mol. The Hall–Kier alpha value is -3.31. The van der Waals surface area contributed by atoms with Crippen molar-refractivity contribution in [2.45, 2.75) is 32.6 Å². The number of hydrogen-bond acceptors (Lipinski definition) is 2. The van der Waals surface area contributed by atoms with E-state index in [0.29, 0.717) is 5.56 Å². The average Bonchev–Trinajstić information content (AvgIpc) is 3.16. The minimum absolute atomic E-state index is 0.683. The van der Waals surface area contributed by atoms with Crippen LogP contribution in [-0.4, -0.2) is 0 Å². The molecule has 0 amide bonds. The molecule has 2 nitrogen and oxygen atoms in total. The van der Waals surface area contributed by atoms with Gasteiger partial charge in [-0.05, 0) is 59.0 Å². The number of benzene rings is 3. The van der Waals surface area contributed by atoms with E-state index >= 15 is 0 Å². The largest absolute Gasteiger partial charge is 0.461 e. The van der Waals surface area contributed by atoms with Gasteiger partial charge in [0.2, 0.25) is 0 Å². The highest BCUT2D eigenvalue weighted by molar-refractivity contribution is 5.84. The second-order valence-corrected chi connectivity index (χ2v) is 7.19. The van der Waals surface area contributed by atoms with Crippen LogP contribution in [0, 0.1) is 11.3 Å². The van der Waals surface area contributed by atoms with Crippen LogP contribution in [0.4, 0.5) is 0 Å². The lowest BCUT2D eigenvalue weighted by atomic mass is 9.99. The zero-order valence-electron chi connectivity index (χ0n) is 16.1. The van der Waals surface area contributed by atoms with Crippen LogP contribution in [0.2, 0.25) is 0 Å². The number of unbranched alkanes of at least 4 members (excludes halogenated alkanes) is 2. The molecule has 0 aliphatic rings. The van der Waals surface area contributed by atoms with Gasteiger partial charge in [-0.1, -0.05) is 62.2 Å². The first-order valence-electron chi connectivity index (χ1n) is 9.90. The van der Waals surface area contributed by atoms with Crippen molar-refractivity contribution >= 4 is 11.0 Å². The van der Waals surface area contributed by atoms with Crippen molar-refractivity contribution in [3.63, 3.8) is 0 Å². The first-order valence-corrected chi connectivity index (χ1v) is 9.90. The lowest BCUT2D eigenvalue weighted by Crippen LogP contribution is -1.81. The summed E-state index contributed by atoms with van der Waals surface area (Å²) in [5.41, 5.74) is 6.29. The molecule has 0 saturated heterocycles. The molecule has 0 radical (unpaired) electrons. The SMILES string of the molecule is CCCCCc1cc2cc(-c3ccc(-c4ccc(C#N)cc4)cc3)ccc2o1. The highest BCUT2D eigenvalue weighted by Gasteiger charge is 2.07. The van der Waals surface area contributed by atoms with Gasteiger partial charge in [0, 0.05) is 11.8 Å². The maximum atomic E-state index is 8.94. The van der Waals surface area contributed by atoms with Gasteiger partial charge < -0.3 is 4.42 Å². The summed E-state index contributed by atoms with van der Waals surface area (Å²) in [5, 5.41) is 10.1. The number of nitrogens with zero attached hydrogens (tertiary/aromatic N) is 1. The zero-order valence-corrected chi connectivity index (χ0v) is 16.1. The number of fused-ring (bicyclic) bond motifs is 1. The molecule has 0 spiro atoms. The van der Waals surface area contributed by atoms with Gasteiger partial charge in [0.15, 0.2) is 0 Å². The summed E-state index contributed by atoms with van der Waals surface area (Å²) in [6.45, 7) is 2.22. The molecule has 0 bridgehead atoms. The number of furan rings is 1. The summed E-state index contributed by atoms with van der Waals surface area (Å²) in [6, 6.07) is 27.0. The molecule has 0 unspecified atom stereocenters. The number of rotatable bonds is 6. The third kappa shape index (κ3) is 3.85. The Morgan fingerprint density at radius 3 is 2.00 bits per heavy atom. The molecule has 28 heavy (non-hydrogen) atoms. The van der Waals surface area contributed by atoms with Gasteiger partial charge in [-0.25, -0.2) is 0 Å². The van der Waals surface area contributed by atoms with Crippen molar-refractivity contribution in [1.82, 2.24) is 0 Å². The van der Waals surface area contributed by atoms with E-state index < -0.39 is 0 Å². The highest BCUT2D eigenvalue weighted by atomic mass is 16.3. The van der Waals surface area contributed by atoms with Crippen molar-refractivity contribution in [2.75, 3.05) is 0 Å². The van der Waals surface area contributed by atoms with Gasteiger partial charge >= 0.3 is 0 Å². The Morgan fingerprint density at radius 1 is 0.750 bits per heavy atom. The molecule has 4 rings (SSSR count). The molecule has 0 aliphatic carbocycles. The van der Waals surface area contributed by atoms with Crippen LogP contribution in [0.1, 0.15) is 37.5 Å². The van der Waals surface area contributed by atoms with Gasteiger partial charge in [-0.2, -0.15) is 5.26 Å². The number of aryl methyl sites for hydroxylation is 1. The van der Waals surface area contributed by atoms with Crippen LogP contribution in [0.3, 0.4) is 0 Å². The molecule has 0 fully saturated rings. The van der Waals surface area contributed by atoms with Crippen LogP contribution < -0.4 is 0 Å². The first-order chi connectivity index (χ1) is 13.8. The molecule has 1 aromatic heterocycles. The van der Waals surface area contributed by atoms with E-state index in [-0.39, 0.29) is 0 Å². The smallest absolute Gasteiger partial charge is 0.134 e. The molecule has 1 heterocycles.